The van der Waals surface area contributed by atoms with Crippen molar-refractivity contribution >= 4 is 28.5 Å². The van der Waals surface area contributed by atoms with Gasteiger partial charge >= 0.3 is 5.97 Å². The Morgan fingerprint density at radius 3 is 2.68 bits per heavy atom. The van der Waals surface area contributed by atoms with Gasteiger partial charge in [-0.2, -0.15) is 0 Å². The molecule has 1 fully saturated rings. The minimum absolute atomic E-state index is 0.00978. The first kappa shape index (κ1) is 22.3. The van der Waals surface area contributed by atoms with Gasteiger partial charge in [0.15, 0.2) is 5.75 Å². The van der Waals surface area contributed by atoms with Crippen molar-refractivity contribution in [2.45, 2.75) is 44.6 Å². The van der Waals surface area contributed by atoms with E-state index >= 15 is 0 Å². The van der Waals surface area contributed by atoms with E-state index in [1.807, 2.05) is 18.2 Å². The van der Waals surface area contributed by atoms with Crippen LogP contribution in [0, 0.1) is 0 Å². The summed E-state index contributed by atoms with van der Waals surface area (Å²) in [6, 6.07) is 11.5. The Bertz CT molecular complexity index is 1250. The van der Waals surface area contributed by atoms with Gasteiger partial charge < -0.3 is 24.6 Å². The van der Waals surface area contributed by atoms with E-state index in [1.54, 1.807) is 31.1 Å². The molecule has 2 aliphatic rings. The second-order valence-corrected chi connectivity index (χ2v) is 9.46. The molecule has 1 saturated carbocycles. The van der Waals surface area contributed by atoms with Crippen LogP contribution in [-0.2, 0) is 11.3 Å². The van der Waals surface area contributed by atoms with Gasteiger partial charge in [-0.25, -0.2) is 4.79 Å². The van der Waals surface area contributed by atoms with Gasteiger partial charge in [0.1, 0.15) is 6.61 Å². The second kappa shape index (κ2) is 9.05. The quantitative estimate of drug-likeness (QED) is 0.562. The molecule has 0 radical (unpaired) electrons. The van der Waals surface area contributed by atoms with Gasteiger partial charge in [0.25, 0.3) is 0 Å². The molecule has 0 spiro atoms. The molecule has 7 nitrogen and oxygen atoms in total. The number of nitrogens with zero attached hydrogens (tertiary/aromatic N) is 2. The van der Waals surface area contributed by atoms with Crippen LogP contribution in [0.1, 0.15) is 53.9 Å². The summed E-state index contributed by atoms with van der Waals surface area (Å²) in [7, 11) is 3.48. The Kier molecular flexibility index (Phi) is 5.94. The van der Waals surface area contributed by atoms with Gasteiger partial charge in [0.05, 0.1) is 30.0 Å². The highest BCUT2D eigenvalue weighted by molar-refractivity contribution is 5.99. The molecule has 1 aromatic heterocycles. The minimum atomic E-state index is -0.918. The minimum Gasteiger partial charge on any atom is -0.489 e. The Morgan fingerprint density at radius 1 is 1.15 bits per heavy atom. The molecular formula is C27H31N3O4. The number of para-hydroxylation sites is 1. The number of ether oxygens (including phenoxy) is 1. The summed E-state index contributed by atoms with van der Waals surface area (Å²) in [5.74, 6) is 0.260. The number of fused-ring (bicyclic) bond motifs is 5. The lowest BCUT2D eigenvalue weighted by Crippen LogP contribution is -2.28. The summed E-state index contributed by atoms with van der Waals surface area (Å²) in [4.78, 5) is 25.5. The van der Waals surface area contributed by atoms with E-state index in [0.29, 0.717) is 24.6 Å². The maximum absolute atomic E-state index is 12.2. The SMILES string of the molecule is CN(C)C(=O)CNc1cccc2c1OCCn1c-2c(C2CCCCC2)c2ccc(C(=O)O)cc21. The molecule has 2 aromatic carbocycles. The molecule has 2 heterocycles. The monoisotopic (exact) mass is 461 g/mol. The molecule has 0 atom stereocenters. The molecule has 178 valence electrons. The average molecular weight is 462 g/mol. The van der Waals surface area contributed by atoms with Crippen LogP contribution in [0.25, 0.3) is 22.2 Å². The molecule has 3 aromatic rings. The lowest BCUT2D eigenvalue weighted by atomic mass is 9.81. The van der Waals surface area contributed by atoms with E-state index in [9.17, 15) is 14.7 Å². The van der Waals surface area contributed by atoms with Crippen LogP contribution in [0.5, 0.6) is 5.75 Å². The molecular weight excluding hydrogens is 430 g/mol. The molecule has 1 aliphatic heterocycles. The Hall–Kier alpha value is -3.48. The van der Waals surface area contributed by atoms with Crippen molar-refractivity contribution in [1.29, 1.82) is 0 Å². The predicted octanol–water partition coefficient (Wildman–Crippen LogP) is 4.95. The number of hydrogen-bond acceptors (Lipinski definition) is 4. The third-order valence-corrected chi connectivity index (χ3v) is 7.12. The van der Waals surface area contributed by atoms with Crippen molar-refractivity contribution in [3.05, 3.63) is 47.5 Å². The van der Waals surface area contributed by atoms with Gasteiger partial charge in [-0.3, -0.25) is 4.79 Å². The van der Waals surface area contributed by atoms with Crippen LogP contribution in [0.2, 0.25) is 0 Å². The number of carboxylic acid groups (broad SMARTS) is 1. The molecule has 0 bridgehead atoms. The van der Waals surface area contributed by atoms with E-state index in [4.69, 9.17) is 4.74 Å². The number of likely N-dealkylation sites (N-methyl/N-ethyl adjacent to an activating group) is 1. The lowest BCUT2D eigenvalue weighted by Gasteiger charge is -2.24. The maximum atomic E-state index is 12.2. The largest absolute Gasteiger partial charge is 0.489 e. The van der Waals surface area contributed by atoms with Crippen LogP contribution >= 0.6 is 0 Å². The van der Waals surface area contributed by atoms with Gasteiger partial charge in [-0.15, -0.1) is 0 Å². The number of aromatic carboxylic acids is 1. The molecule has 1 aliphatic carbocycles. The molecule has 0 saturated heterocycles. The zero-order valence-electron chi connectivity index (χ0n) is 19.8. The Balaban J connectivity index is 1.70. The first-order valence-electron chi connectivity index (χ1n) is 12.1. The zero-order chi connectivity index (χ0) is 23.8. The van der Waals surface area contributed by atoms with E-state index in [2.05, 4.69) is 16.0 Å². The van der Waals surface area contributed by atoms with Crippen LogP contribution < -0.4 is 10.1 Å². The smallest absolute Gasteiger partial charge is 0.335 e. The summed E-state index contributed by atoms with van der Waals surface area (Å²) >= 11 is 0. The highest BCUT2D eigenvalue weighted by atomic mass is 16.5. The van der Waals surface area contributed by atoms with Crippen LogP contribution in [0.4, 0.5) is 5.69 Å². The molecule has 7 heteroatoms. The number of carbonyl (C=O) groups excluding carboxylic acids is 1. The normalized spacial score (nSPS) is 15.7. The van der Waals surface area contributed by atoms with Crippen molar-refractivity contribution in [2.24, 2.45) is 0 Å². The highest BCUT2D eigenvalue weighted by Gasteiger charge is 2.30. The molecule has 0 unspecified atom stereocenters. The third kappa shape index (κ3) is 3.89. The number of benzene rings is 2. The van der Waals surface area contributed by atoms with Crippen molar-refractivity contribution < 1.29 is 19.4 Å². The zero-order valence-corrected chi connectivity index (χ0v) is 19.8. The lowest BCUT2D eigenvalue weighted by molar-refractivity contribution is -0.126. The fraction of sp³-hybridized carbons (Fsp3) is 0.407. The third-order valence-electron chi connectivity index (χ3n) is 7.12. The fourth-order valence-corrected chi connectivity index (χ4v) is 5.42. The summed E-state index contributed by atoms with van der Waals surface area (Å²) in [5, 5.41) is 14.0. The number of amides is 1. The first-order chi connectivity index (χ1) is 16.5. The Labute approximate surface area is 199 Å². The summed E-state index contributed by atoms with van der Waals surface area (Å²) in [6.45, 7) is 1.28. The van der Waals surface area contributed by atoms with Crippen LogP contribution in [-0.4, -0.2) is 53.7 Å². The van der Waals surface area contributed by atoms with E-state index < -0.39 is 5.97 Å². The topological polar surface area (TPSA) is 83.8 Å². The second-order valence-electron chi connectivity index (χ2n) is 9.46. The van der Waals surface area contributed by atoms with E-state index in [0.717, 1.165) is 46.4 Å². The number of carboxylic acids is 1. The summed E-state index contributed by atoms with van der Waals surface area (Å²) < 4.78 is 8.50. The van der Waals surface area contributed by atoms with Gasteiger partial charge in [0.2, 0.25) is 5.91 Å². The molecule has 5 rings (SSSR count). The van der Waals surface area contributed by atoms with Crippen molar-refractivity contribution in [3.8, 4) is 17.0 Å². The van der Waals surface area contributed by atoms with Crippen molar-refractivity contribution in [3.63, 3.8) is 0 Å². The number of carbonyl (C=O) groups is 2. The average Bonchev–Trinajstić information content (AvgIpc) is 3.03. The predicted molar refractivity (Wildman–Crippen MR) is 133 cm³/mol. The number of aromatic nitrogens is 1. The van der Waals surface area contributed by atoms with Gasteiger partial charge in [-0.1, -0.05) is 31.4 Å². The standard InChI is InChI=1S/C27H31N3O4/c1-29(2)23(31)16-28-21-10-6-9-20-25-24(17-7-4-3-5-8-17)19-12-11-18(27(32)33)15-22(19)30(25)13-14-34-26(20)21/h6,9-12,15,17,28H,3-5,7-8,13-14,16H2,1-2H3,(H,32,33). The summed E-state index contributed by atoms with van der Waals surface area (Å²) in [5.41, 5.74) is 5.47. The number of hydrogen-bond donors (Lipinski definition) is 2. The van der Waals surface area contributed by atoms with Crippen LogP contribution in [0.3, 0.4) is 0 Å². The van der Waals surface area contributed by atoms with Crippen LogP contribution in [0.15, 0.2) is 36.4 Å². The molecule has 34 heavy (non-hydrogen) atoms. The first-order valence-corrected chi connectivity index (χ1v) is 12.1. The highest BCUT2D eigenvalue weighted by Crippen LogP contribution is 2.48. The van der Waals surface area contributed by atoms with E-state index in [1.165, 1.54) is 24.8 Å². The van der Waals surface area contributed by atoms with Crippen molar-refractivity contribution in [1.82, 2.24) is 9.47 Å². The number of anilines is 1. The van der Waals surface area contributed by atoms with Gasteiger partial charge in [0, 0.05) is 30.6 Å². The van der Waals surface area contributed by atoms with E-state index in [-0.39, 0.29) is 12.5 Å². The summed E-state index contributed by atoms with van der Waals surface area (Å²) in [6.07, 6.45) is 5.96. The van der Waals surface area contributed by atoms with Crippen molar-refractivity contribution in [2.75, 3.05) is 32.6 Å². The fourth-order valence-electron chi connectivity index (χ4n) is 5.42. The number of nitrogens with one attached hydrogen (secondary N) is 1. The Morgan fingerprint density at radius 2 is 1.94 bits per heavy atom. The molecule has 1 amide bonds. The maximum Gasteiger partial charge on any atom is 0.335 e. The van der Waals surface area contributed by atoms with Gasteiger partial charge in [-0.05, 0) is 48.6 Å². The molecule has 2 N–H and O–H groups in total. The number of rotatable bonds is 5.